The fourth-order valence-corrected chi connectivity index (χ4v) is 3.55. The highest BCUT2D eigenvalue weighted by Gasteiger charge is 2.33. The lowest BCUT2D eigenvalue weighted by atomic mass is 9.96. The molecule has 1 fully saturated rings. The highest BCUT2D eigenvalue weighted by Crippen LogP contribution is 2.27. The number of halogens is 2. The van der Waals surface area contributed by atoms with Gasteiger partial charge >= 0.3 is 0 Å². The number of likely N-dealkylation sites (N-methyl/N-ethyl adjacent to an activating group) is 1. The Balaban J connectivity index is 1.97. The van der Waals surface area contributed by atoms with Crippen LogP contribution in [-0.4, -0.2) is 66.0 Å². The van der Waals surface area contributed by atoms with Crippen molar-refractivity contribution in [3.05, 3.63) is 34.6 Å². The fraction of sp³-hybridized carbons (Fsp3) is 0.647. The van der Waals surface area contributed by atoms with E-state index in [0.717, 1.165) is 31.7 Å². The van der Waals surface area contributed by atoms with Crippen molar-refractivity contribution in [1.82, 2.24) is 9.80 Å². The van der Waals surface area contributed by atoms with Crippen LogP contribution in [0.2, 0.25) is 5.02 Å². The molecule has 1 aliphatic heterocycles. The molecule has 0 amide bonds. The van der Waals surface area contributed by atoms with Crippen molar-refractivity contribution in [1.29, 1.82) is 0 Å². The third-order valence-electron chi connectivity index (χ3n) is 4.65. The first-order chi connectivity index (χ1) is 11.1. The Morgan fingerprint density at radius 1 is 1.30 bits per heavy atom. The molecule has 0 saturated carbocycles. The monoisotopic (exact) mass is 344 g/mol. The van der Waals surface area contributed by atoms with Crippen molar-refractivity contribution < 1.29 is 14.6 Å². The third kappa shape index (κ3) is 5.13. The summed E-state index contributed by atoms with van der Waals surface area (Å²) in [5.41, 5.74) is 0.910. The molecule has 1 aliphatic rings. The van der Waals surface area contributed by atoms with E-state index < -0.39 is 0 Å². The molecule has 2 N–H and O–H groups in total. The Kier molecular flexibility index (Phi) is 7.24. The second-order valence-corrected chi connectivity index (χ2v) is 6.66. The summed E-state index contributed by atoms with van der Waals surface area (Å²) in [6.07, 6.45) is 0. The van der Waals surface area contributed by atoms with Crippen molar-refractivity contribution in [2.75, 3.05) is 45.9 Å². The van der Waals surface area contributed by atoms with Crippen molar-refractivity contribution in [2.45, 2.75) is 13.5 Å². The zero-order valence-electron chi connectivity index (χ0n) is 13.6. The fourth-order valence-electron chi connectivity index (χ4n) is 3.32. The number of benzene rings is 1. The summed E-state index contributed by atoms with van der Waals surface area (Å²) in [5, 5.41) is 19.2. The number of nitrogens with zero attached hydrogens (tertiary/aromatic N) is 2. The highest BCUT2D eigenvalue weighted by molar-refractivity contribution is 6.31. The van der Waals surface area contributed by atoms with E-state index in [1.54, 1.807) is 6.07 Å². The van der Waals surface area contributed by atoms with E-state index in [2.05, 4.69) is 16.7 Å². The zero-order chi connectivity index (χ0) is 16.8. The lowest BCUT2D eigenvalue weighted by Crippen LogP contribution is -2.35. The number of aliphatic hydroxyl groups is 2. The van der Waals surface area contributed by atoms with E-state index in [1.165, 1.54) is 12.1 Å². The normalized spacial score (nSPS) is 22.2. The predicted molar refractivity (Wildman–Crippen MR) is 90.0 cm³/mol. The molecule has 2 rings (SSSR count). The van der Waals surface area contributed by atoms with Crippen molar-refractivity contribution in [2.24, 2.45) is 11.8 Å². The molecule has 0 unspecified atom stereocenters. The first kappa shape index (κ1) is 18.6. The van der Waals surface area contributed by atoms with Crippen LogP contribution in [0.25, 0.3) is 0 Å². The molecule has 130 valence electrons. The Bertz CT molecular complexity index is 503. The Labute approximate surface area is 142 Å². The third-order valence-corrected chi connectivity index (χ3v) is 5.00. The van der Waals surface area contributed by atoms with Gasteiger partial charge in [-0.15, -0.1) is 0 Å². The molecule has 1 saturated heterocycles. The Morgan fingerprint density at radius 2 is 2.04 bits per heavy atom. The van der Waals surface area contributed by atoms with Crippen LogP contribution in [0.15, 0.2) is 18.2 Å². The number of hydrogen-bond acceptors (Lipinski definition) is 4. The molecule has 0 aliphatic carbocycles. The predicted octanol–water partition coefficient (Wildman–Crippen LogP) is 1.83. The number of hydrogen-bond donors (Lipinski definition) is 2. The SMILES string of the molecule is CCN(CCO)C[C@@H]1CN(Cc2ccc(F)cc2Cl)C[C@@H]1CO. The summed E-state index contributed by atoms with van der Waals surface area (Å²) < 4.78 is 13.1. The van der Waals surface area contributed by atoms with Crippen molar-refractivity contribution in [3.63, 3.8) is 0 Å². The van der Waals surface area contributed by atoms with Crippen LogP contribution in [0.5, 0.6) is 0 Å². The summed E-state index contributed by atoms with van der Waals surface area (Å²) in [5.74, 6) is 0.265. The van der Waals surface area contributed by atoms with Gasteiger partial charge in [0.25, 0.3) is 0 Å². The van der Waals surface area contributed by atoms with E-state index in [4.69, 9.17) is 16.7 Å². The topological polar surface area (TPSA) is 46.9 Å². The summed E-state index contributed by atoms with van der Waals surface area (Å²) in [4.78, 5) is 4.47. The van der Waals surface area contributed by atoms with E-state index in [0.29, 0.717) is 24.0 Å². The second-order valence-electron chi connectivity index (χ2n) is 6.25. The first-order valence-corrected chi connectivity index (χ1v) is 8.55. The van der Waals surface area contributed by atoms with Gasteiger partial charge in [0.2, 0.25) is 0 Å². The van der Waals surface area contributed by atoms with Gasteiger partial charge in [-0.25, -0.2) is 4.39 Å². The molecule has 0 radical (unpaired) electrons. The van der Waals surface area contributed by atoms with Gasteiger partial charge in [-0.2, -0.15) is 0 Å². The average molecular weight is 345 g/mol. The summed E-state index contributed by atoms with van der Waals surface area (Å²) in [7, 11) is 0. The molecule has 1 aromatic rings. The van der Waals surface area contributed by atoms with E-state index in [9.17, 15) is 9.50 Å². The van der Waals surface area contributed by atoms with Gasteiger partial charge in [0, 0.05) is 44.4 Å². The van der Waals surface area contributed by atoms with E-state index >= 15 is 0 Å². The first-order valence-electron chi connectivity index (χ1n) is 8.17. The van der Waals surface area contributed by atoms with Gasteiger partial charge in [0.05, 0.1) is 6.61 Å². The number of rotatable bonds is 8. The van der Waals surface area contributed by atoms with Crippen LogP contribution in [0.3, 0.4) is 0 Å². The average Bonchev–Trinajstić information content (AvgIpc) is 2.91. The van der Waals surface area contributed by atoms with Gasteiger partial charge < -0.3 is 15.1 Å². The standard InChI is InChI=1S/C17H26ClFN2O2/c1-2-20(5-6-22)9-14-10-21(11-15(14)12-23)8-13-3-4-16(19)7-17(13)18/h3-4,7,14-15,22-23H,2,5-6,8-12H2,1H3/t14-,15-/m1/s1. The minimum atomic E-state index is -0.325. The van der Waals surface area contributed by atoms with Crippen LogP contribution in [0, 0.1) is 17.7 Å². The van der Waals surface area contributed by atoms with Crippen LogP contribution in [0.4, 0.5) is 4.39 Å². The van der Waals surface area contributed by atoms with Crippen molar-refractivity contribution in [3.8, 4) is 0 Å². The summed E-state index contributed by atoms with van der Waals surface area (Å²) in [6, 6.07) is 4.50. The van der Waals surface area contributed by atoms with Crippen molar-refractivity contribution >= 4 is 11.6 Å². The molecule has 23 heavy (non-hydrogen) atoms. The van der Waals surface area contributed by atoms with Crippen LogP contribution in [0.1, 0.15) is 12.5 Å². The Hall–Kier alpha value is -0.720. The molecule has 1 heterocycles. The molecule has 0 aromatic heterocycles. The molecule has 1 aromatic carbocycles. The number of likely N-dealkylation sites (tertiary alicyclic amines) is 1. The molecular formula is C17H26ClFN2O2. The summed E-state index contributed by atoms with van der Waals surface area (Å²) in [6.45, 7) is 7.16. The lowest BCUT2D eigenvalue weighted by Gasteiger charge is -2.25. The van der Waals surface area contributed by atoms with Gasteiger partial charge in [-0.3, -0.25) is 4.90 Å². The largest absolute Gasteiger partial charge is 0.396 e. The van der Waals surface area contributed by atoms with E-state index in [1.807, 2.05) is 0 Å². The highest BCUT2D eigenvalue weighted by atomic mass is 35.5. The zero-order valence-corrected chi connectivity index (χ0v) is 14.3. The maximum absolute atomic E-state index is 13.1. The van der Waals surface area contributed by atoms with Gasteiger partial charge in [0.15, 0.2) is 0 Å². The minimum absolute atomic E-state index is 0.152. The quantitative estimate of drug-likeness (QED) is 0.755. The van der Waals surface area contributed by atoms with Crippen LogP contribution in [-0.2, 0) is 6.54 Å². The Morgan fingerprint density at radius 3 is 2.65 bits per heavy atom. The molecule has 0 bridgehead atoms. The lowest BCUT2D eigenvalue weighted by molar-refractivity contribution is 0.147. The minimum Gasteiger partial charge on any atom is -0.396 e. The van der Waals surface area contributed by atoms with Crippen LogP contribution >= 0.6 is 11.6 Å². The molecule has 6 heteroatoms. The van der Waals surface area contributed by atoms with Gasteiger partial charge in [-0.05, 0) is 36.1 Å². The van der Waals surface area contributed by atoms with E-state index in [-0.39, 0.29) is 24.9 Å². The number of aliphatic hydroxyl groups excluding tert-OH is 2. The smallest absolute Gasteiger partial charge is 0.124 e. The van der Waals surface area contributed by atoms with Gasteiger partial charge in [-0.1, -0.05) is 24.6 Å². The maximum atomic E-state index is 13.1. The molecule has 0 spiro atoms. The maximum Gasteiger partial charge on any atom is 0.124 e. The summed E-state index contributed by atoms with van der Waals surface area (Å²) >= 11 is 6.11. The van der Waals surface area contributed by atoms with Gasteiger partial charge in [0.1, 0.15) is 5.82 Å². The second kappa shape index (κ2) is 8.94. The van der Waals surface area contributed by atoms with Crippen LogP contribution < -0.4 is 0 Å². The molecular weight excluding hydrogens is 319 g/mol. The molecule has 4 nitrogen and oxygen atoms in total. The molecule has 2 atom stereocenters.